The Bertz CT molecular complexity index is 499. The number of hydrogen-bond acceptors (Lipinski definition) is 4. The van der Waals surface area contributed by atoms with E-state index in [0.29, 0.717) is 18.3 Å². The summed E-state index contributed by atoms with van der Waals surface area (Å²) < 4.78 is 0. The van der Waals surface area contributed by atoms with Crippen LogP contribution in [-0.2, 0) is 4.79 Å². The smallest absolute Gasteiger partial charge is 0.244 e. The van der Waals surface area contributed by atoms with E-state index >= 15 is 0 Å². The van der Waals surface area contributed by atoms with Crippen molar-refractivity contribution in [2.45, 2.75) is 38.6 Å². The molecule has 1 aliphatic carbocycles. The molecule has 0 atom stereocenters. The van der Waals surface area contributed by atoms with Crippen LogP contribution in [0.5, 0.6) is 0 Å². The molecule has 1 N–H and O–H groups in total. The van der Waals surface area contributed by atoms with Crippen molar-refractivity contribution in [3.05, 3.63) is 11.0 Å². The average molecular weight is 267 g/mol. The van der Waals surface area contributed by atoms with Gasteiger partial charge in [0, 0.05) is 6.04 Å². The van der Waals surface area contributed by atoms with Gasteiger partial charge >= 0.3 is 0 Å². The predicted octanol–water partition coefficient (Wildman–Crippen LogP) is 2.14. The summed E-state index contributed by atoms with van der Waals surface area (Å²) in [5.74, 6) is 0.780. The SMILES string of the molecule is Cc1nc(Cl)nc2c1NC(=O)CN2C1CCCC1. The molecule has 0 radical (unpaired) electrons. The van der Waals surface area contributed by atoms with E-state index in [0.717, 1.165) is 24.4 Å². The van der Waals surface area contributed by atoms with Gasteiger partial charge in [-0.15, -0.1) is 0 Å². The number of aryl methyl sites for hydroxylation is 1. The molecule has 3 rings (SSSR count). The average Bonchev–Trinajstić information content (AvgIpc) is 2.83. The van der Waals surface area contributed by atoms with Gasteiger partial charge in [0.15, 0.2) is 5.82 Å². The number of amides is 1. The molecule has 2 aliphatic rings. The molecule has 5 nitrogen and oxygen atoms in total. The number of carbonyl (C=O) groups excluding carboxylic acids is 1. The summed E-state index contributed by atoms with van der Waals surface area (Å²) in [6.07, 6.45) is 4.67. The predicted molar refractivity (Wildman–Crippen MR) is 70.0 cm³/mol. The fraction of sp³-hybridized carbons (Fsp3) is 0.583. The zero-order chi connectivity index (χ0) is 12.7. The number of nitrogens with one attached hydrogen (secondary N) is 1. The molecule has 0 bridgehead atoms. The van der Waals surface area contributed by atoms with Crippen molar-refractivity contribution in [2.75, 3.05) is 16.8 Å². The number of nitrogens with zero attached hydrogens (tertiary/aromatic N) is 3. The highest BCUT2D eigenvalue weighted by Crippen LogP contribution is 2.35. The number of fused-ring (bicyclic) bond motifs is 1. The number of carbonyl (C=O) groups is 1. The zero-order valence-corrected chi connectivity index (χ0v) is 11.0. The Hall–Kier alpha value is -1.36. The minimum atomic E-state index is 0.00317. The lowest BCUT2D eigenvalue weighted by atomic mass is 10.1. The molecule has 96 valence electrons. The molecule has 1 aliphatic heterocycles. The Balaban J connectivity index is 2.05. The quantitative estimate of drug-likeness (QED) is 0.791. The molecule has 6 heteroatoms. The van der Waals surface area contributed by atoms with Crippen molar-refractivity contribution >= 4 is 29.0 Å². The maximum atomic E-state index is 11.8. The molecular weight excluding hydrogens is 252 g/mol. The highest BCUT2D eigenvalue weighted by Gasteiger charge is 2.32. The second-order valence-corrected chi connectivity index (χ2v) is 5.23. The molecule has 0 saturated heterocycles. The van der Waals surface area contributed by atoms with E-state index in [9.17, 15) is 4.79 Å². The number of halogens is 1. The van der Waals surface area contributed by atoms with Gasteiger partial charge < -0.3 is 10.2 Å². The van der Waals surface area contributed by atoms with Gasteiger partial charge in [-0.2, -0.15) is 4.98 Å². The van der Waals surface area contributed by atoms with E-state index in [1.807, 2.05) is 6.92 Å². The molecule has 1 saturated carbocycles. The van der Waals surface area contributed by atoms with Crippen LogP contribution in [0, 0.1) is 6.92 Å². The van der Waals surface area contributed by atoms with Gasteiger partial charge in [-0.05, 0) is 31.4 Å². The third-order valence-electron chi connectivity index (χ3n) is 3.66. The molecule has 0 spiro atoms. The Morgan fingerprint density at radius 2 is 2.06 bits per heavy atom. The van der Waals surface area contributed by atoms with Crippen LogP contribution in [0.2, 0.25) is 5.28 Å². The lowest BCUT2D eigenvalue weighted by Gasteiger charge is -2.34. The van der Waals surface area contributed by atoms with E-state index in [1.54, 1.807) is 0 Å². The largest absolute Gasteiger partial charge is 0.342 e. The van der Waals surface area contributed by atoms with Crippen LogP contribution in [-0.4, -0.2) is 28.5 Å². The van der Waals surface area contributed by atoms with Crippen LogP contribution in [0.4, 0.5) is 11.5 Å². The van der Waals surface area contributed by atoms with Crippen molar-refractivity contribution in [1.82, 2.24) is 9.97 Å². The van der Waals surface area contributed by atoms with E-state index in [1.165, 1.54) is 12.8 Å². The van der Waals surface area contributed by atoms with E-state index in [4.69, 9.17) is 11.6 Å². The topological polar surface area (TPSA) is 58.1 Å². The summed E-state index contributed by atoms with van der Waals surface area (Å²) in [5, 5.41) is 3.09. The van der Waals surface area contributed by atoms with Crippen LogP contribution in [0.15, 0.2) is 0 Å². The van der Waals surface area contributed by atoms with Crippen LogP contribution >= 0.6 is 11.6 Å². The van der Waals surface area contributed by atoms with E-state index < -0.39 is 0 Å². The molecule has 0 unspecified atom stereocenters. The van der Waals surface area contributed by atoms with Crippen molar-refractivity contribution in [3.8, 4) is 0 Å². The highest BCUT2D eigenvalue weighted by molar-refractivity contribution is 6.28. The summed E-state index contributed by atoms with van der Waals surface area (Å²) in [6.45, 7) is 2.20. The second-order valence-electron chi connectivity index (χ2n) is 4.89. The van der Waals surface area contributed by atoms with Crippen molar-refractivity contribution in [3.63, 3.8) is 0 Å². The summed E-state index contributed by atoms with van der Waals surface area (Å²) in [5.41, 5.74) is 1.43. The minimum Gasteiger partial charge on any atom is -0.342 e. The van der Waals surface area contributed by atoms with Gasteiger partial charge in [0.05, 0.1) is 12.2 Å². The first-order chi connectivity index (χ1) is 8.65. The summed E-state index contributed by atoms with van der Waals surface area (Å²) in [6, 6.07) is 0.403. The molecule has 0 aromatic carbocycles. The first kappa shape index (κ1) is 11.7. The second kappa shape index (κ2) is 4.39. The van der Waals surface area contributed by atoms with Gasteiger partial charge in [-0.1, -0.05) is 12.8 Å². The lowest BCUT2D eigenvalue weighted by Crippen LogP contribution is -2.44. The normalized spacial score (nSPS) is 19.9. The molecule has 1 fully saturated rings. The first-order valence-electron chi connectivity index (χ1n) is 6.26. The Morgan fingerprint density at radius 3 is 2.78 bits per heavy atom. The number of hydrogen-bond donors (Lipinski definition) is 1. The van der Waals surface area contributed by atoms with Crippen LogP contribution in [0.25, 0.3) is 0 Å². The lowest BCUT2D eigenvalue weighted by molar-refractivity contribution is -0.115. The maximum Gasteiger partial charge on any atom is 0.244 e. The van der Waals surface area contributed by atoms with Crippen molar-refractivity contribution in [1.29, 1.82) is 0 Å². The van der Waals surface area contributed by atoms with Gasteiger partial charge in [0.1, 0.15) is 5.69 Å². The fourth-order valence-corrected chi connectivity index (χ4v) is 3.01. The molecule has 1 aromatic heterocycles. The maximum absolute atomic E-state index is 11.8. The summed E-state index contributed by atoms with van der Waals surface area (Å²) in [7, 11) is 0. The van der Waals surface area contributed by atoms with Gasteiger partial charge in [-0.25, -0.2) is 4.98 Å². The molecule has 1 amide bonds. The summed E-state index contributed by atoms with van der Waals surface area (Å²) in [4.78, 5) is 22.3. The van der Waals surface area contributed by atoms with Gasteiger partial charge in [-0.3, -0.25) is 4.79 Å². The third-order valence-corrected chi connectivity index (χ3v) is 3.83. The van der Waals surface area contributed by atoms with Crippen molar-refractivity contribution < 1.29 is 4.79 Å². The minimum absolute atomic E-state index is 0.00317. The molecular formula is C12H15ClN4O. The van der Waals surface area contributed by atoms with Crippen LogP contribution in [0.1, 0.15) is 31.4 Å². The van der Waals surface area contributed by atoms with Gasteiger partial charge in [0.25, 0.3) is 0 Å². The van der Waals surface area contributed by atoms with Gasteiger partial charge in [0.2, 0.25) is 11.2 Å². The number of anilines is 2. The molecule has 18 heavy (non-hydrogen) atoms. The van der Waals surface area contributed by atoms with E-state index in [2.05, 4.69) is 20.2 Å². The molecule has 1 aromatic rings. The van der Waals surface area contributed by atoms with E-state index in [-0.39, 0.29) is 11.2 Å². The zero-order valence-electron chi connectivity index (χ0n) is 10.2. The first-order valence-corrected chi connectivity index (χ1v) is 6.63. The van der Waals surface area contributed by atoms with Crippen LogP contribution in [0.3, 0.4) is 0 Å². The highest BCUT2D eigenvalue weighted by atomic mass is 35.5. The molecule has 2 heterocycles. The number of rotatable bonds is 1. The summed E-state index contributed by atoms with van der Waals surface area (Å²) >= 11 is 5.93. The standard InChI is InChI=1S/C12H15ClN4O/c1-7-10-11(16-12(13)14-7)17(6-9(18)15-10)8-4-2-3-5-8/h8H,2-6H2,1H3,(H,15,18). The Morgan fingerprint density at radius 1 is 1.33 bits per heavy atom. The number of aromatic nitrogens is 2. The third kappa shape index (κ3) is 1.92. The van der Waals surface area contributed by atoms with Crippen molar-refractivity contribution in [2.24, 2.45) is 0 Å². The fourth-order valence-electron chi connectivity index (χ4n) is 2.81. The monoisotopic (exact) mass is 266 g/mol. The Labute approximate surface area is 111 Å². The van der Waals surface area contributed by atoms with Crippen LogP contribution < -0.4 is 10.2 Å². The Kier molecular flexibility index (Phi) is 2.86.